The number of rotatable bonds is 4. The summed E-state index contributed by atoms with van der Waals surface area (Å²) < 4.78 is 5.82. The number of ether oxygens (including phenoxy) is 1. The van der Waals surface area contributed by atoms with Crippen LogP contribution in [-0.2, 0) is 4.74 Å². The SMILES string of the molecule is CNc1nc(NCC2(C)CCCO2)c2cc(C)sc2n1. The zero-order valence-corrected chi connectivity index (χ0v) is 12.9. The maximum Gasteiger partial charge on any atom is 0.225 e. The van der Waals surface area contributed by atoms with Crippen LogP contribution in [0, 0.1) is 6.92 Å². The van der Waals surface area contributed by atoms with Crippen LogP contribution in [0.15, 0.2) is 6.07 Å². The third kappa shape index (κ3) is 2.58. The predicted octanol–water partition coefficient (Wildman–Crippen LogP) is 3.02. The highest BCUT2D eigenvalue weighted by atomic mass is 32.1. The van der Waals surface area contributed by atoms with E-state index >= 15 is 0 Å². The van der Waals surface area contributed by atoms with Crippen molar-refractivity contribution < 1.29 is 4.74 Å². The molecule has 108 valence electrons. The van der Waals surface area contributed by atoms with E-state index in [-0.39, 0.29) is 5.60 Å². The molecule has 2 aromatic rings. The smallest absolute Gasteiger partial charge is 0.225 e. The first kappa shape index (κ1) is 13.6. The zero-order chi connectivity index (χ0) is 14.2. The minimum absolute atomic E-state index is 0.0812. The summed E-state index contributed by atoms with van der Waals surface area (Å²) in [6.45, 7) is 5.88. The van der Waals surface area contributed by atoms with Crippen LogP contribution in [0.25, 0.3) is 10.2 Å². The first-order valence-corrected chi connectivity index (χ1v) is 7.75. The number of thiophene rings is 1. The van der Waals surface area contributed by atoms with Crippen LogP contribution in [0.5, 0.6) is 0 Å². The van der Waals surface area contributed by atoms with Crippen LogP contribution < -0.4 is 10.6 Å². The van der Waals surface area contributed by atoms with Gasteiger partial charge in [0.05, 0.1) is 11.0 Å². The van der Waals surface area contributed by atoms with Crippen LogP contribution in [-0.4, -0.2) is 35.8 Å². The molecule has 1 saturated heterocycles. The van der Waals surface area contributed by atoms with Crippen molar-refractivity contribution in [2.45, 2.75) is 32.3 Å². The third-order valence-electron chi connectivity index (χ3n) is 3.67. The molecule has 5 nitrogen and oxygen atoms in total. The van der Waals surface area contributed by atoms with E-state index in [0.29, 0.717) is 5.95 Å². The van der Waals surface area contributed by atoms with Crippen molar-refractivity contribution in [2.24, 2.45) is 0 Å². The van der Waals surface area contributed by atoms with Gasteiger partial charge in [-0.05, 0) is 32.8 Å². The van der Waals surface area contributed by atoms with Crippen molar-refractivity contribution in [1.82, 2.24) is 9.97 Å². The molecule has 1 aliphatic heterocycles. The Morgan fingerprint density at radius 2 is 2.30 bits per heavy atom. The Morgan fingerprint density at radius 3 is 3.00 bits per heavy atom. The first-order valence-electron chi connectivity index (χ1n) is 6.93. The minimum atomic E-state index is -0.0812. The Bertz CT molecular complexity index is 619. The lowest BCUT2D eigenvalue weighted by Gasteiger charge is -2.23. The molecule has 0 bridgehead atoms. The van der Waals surface area contributed by atoms with Gasteiger partial charge in [0.15, 0.2) is 0 Å². The Morgan fingerprint density at radius 1 is 1.45 bits per heavy atom. The maximum absolute atomic E-state index is 5.82. The molecular weight excluding hydrogens is 272 g/mol. The predicted molar refractivity (Wildman–Crippen MR) is 83.8 cm³/mol. The standard InChI is InChI=1S/C14H20N4OS/c1-9-7-10-11(16-8-14(2)5-4-6-19-14)17-13(15-3)18-12(10)20-9/h7H,4-6,8H2,1-3H3,(H2,15,16,17,18). The van der Waals surface area contributed by atoms with E-state index in [2.05, 4.69) is 40.5 Å². The lowest BCUT2D eigenvalue weighted by atomic mass is 10.0. The zero-order valence-electron chi connectivity index (χ0n) is 12.1. The Hall–Kier alpha value is -1.40. The number of aromatic nitrogens is 2. The molecular formula is C14H20N4OS. The summed E-state index contributed by atoms with van der Waals surface area (Å²) in [5.74, 6) is 1.54. The van der Waals surface area contributed by atoms with Crippen molar-refractivity contribution in [1.29, 1.82) is 0 Å². The van der Waals surface area contributed by atoms with E-state index in [1.54, 1.807) is 11.3 Å². The highest BCUT2D eigenvalue weighted by Crippen LogP contribution is 2.31. The molecule has 2 aromatic heterocycles. The van der Waals surface area contributed by atoms with Crippen LogP contribution in [0.4, 0.5) is 11.8 Å². The van der Waals surface area contributed by atoms with Gasteiger partial charge in [0, 0.05) is 25.1 Å². The molecule has 2 N–H and O–H groups in total. The second-order valence-electron chi connectivity index (χ2n) is 5.48. The first-order chi connectivity index (χ1) is 9.59. The molecule has 0 radical (unpaired) electrons. The summed E-state index contributed by atoms with van der Waals surface area (Å²) in [4.78, 5) is 11.3. The van der Waals surface area contributed by atoms with Gasteiger partial charge in [-0.25, -0.2) is 4.98 Å². The number of nitrogens with one attached hydrogen (secondary N) is 2. The average molecular weight is 292 g/mol. The number of nitrogens with zero attached hydrogens (tertiary/aromatic N) is 2. The van der Waals surface area contributed by atoms with E-state index in [4.69, 9.17) is 4.74 Å². The normalized spacial score (nSPS) is 22.4. The number of hydrogen-bond donors (Lipinski definition) is 2. The van der Waals surface area contributed by atoms with Crippen molar-refractivity contribution in [3.63, 3.8) is 0 Å². The monoisotopic (exact) mass is 292 g/mol. The molecule has 0 spiro atoms. The van der Waals surface area contributed by atoms with Crippen molar-refractivity contribution in [3.05, 3.63) is 10.9 Å². The molecule has 3 rings (SSSR count). The van der Waals surface area contributed by atoms with Gasteiger partial charge >= 0.3 is 0 Å². The Kier molecular flexibility index (Phi) is 3.52. The van der Waals surface area contributed by atoms with E-state index < -0.39 is 0 Å². The number of hydrogen-bond acceptors (Lipinski definition) is 6. The van der Waals surface area contributed by atoms with Gasteiger partial charge in [0.1, 0.15) is 10.6 Å². The molecule has 1 atom stereocenters. The van der Waals surface area contributed by atoms with Gasteiger partial charge in [0.25, 0.3) is 0 Å². The molecule has 1 aliphatic rings. The van der Waals surface area contributed by atoms with Crippen molar-refractivity contribution in [2.75, 3.05) is 30.8 Å². The second kappa shape index (κ2) is 5.18. The van der Waals surface area contributed by atoms with Gasteiger partial charge in [0.2, 0.25) is 5.95 Å². The van der Waals surface area contributed by atoms with E-state index in [0.717, 1.165) is 42.0 Å². The summed E-state index contributed by atoms with van der Waals surface area (Å²) >= 11 is 1.69. The fourth-order valence-electron chi connectivity index (χ4n) is 2.54. The molecule has 0 saturated carbocycles. The Labute approximate surface area is 122 Å². The molecule has 0 aromatic carbocycles. The number of aryl methyl sites for hydroxylation is 1. The van der Waals surface area contributed by atoms with Crippen LogP contribution in [0.2, 0.25) is 0 Å². The van der Waals surface area contributed by atoms with E-state index in [1.807, 2.05) is 7.05 Å². The summed E-state index contributed by atoms with van der Waals surface area (Å²) in [7, 11) is 1.84. The Balaban J connectivity index is 1.89. The highest BCUT2D eigenvalue weighted by molar-refractivity contribution is 7.18. The second-order valence-corrected chi connectivity index (χ2v) is 6.71. The number of fused-ring (bicyclic) bond motifs is 1. The fraction of sp³-hybridized carbons (Fsp3) is 0.571. The van der Waals surface area contributed by atoms with Crippen LogP contribution in [0.1, 0.15) is 24.6 Å². The largest absolute Gasteiger partial charge is 0.373 e. The van der Waals surface area contributed by atoms with Crippen molar-refractivity contribution >= 4 is 33.3 Å². The molecule has 1 fully saturated rings. The van der Waals surface area contributed by atoms with Crippen LogP contribution >= 0.6 is 11.3 Å². The number of anilines is 2. The van der Waals surface area contributed by atoms with Gasteiger partial charge in [-0.1, -0.05) is 0 Å². The summed E-state index contributed by atoms with van der Waals surface area (Å²) in [6.07, 6.45) is 2.23. The van der Waals surface area contributed by atoms with Crippen LogP contribution in [0.3, 0.4) is 0 Å². The molecule has 6 heteroatoms. The molecule has 20 heavy (non-hydrogen) atoms. The molecule has 0 aliphatic carbocycles. The van der Waals surface area contributed by atoms with Crippen molar-refractivity contribution in [3.8, 4) is 0 Å². The maximum atomic E-state index is 5.82. The van der Waals surface area contributed by atoms with Gasteiger partial charge in [-0.15, -0.1) is 11.3 Å². The van der Waals surface area contributed by atoms with Gasteiger partial charge in [-0.2, -0.15) is 4.98 Å². The summed E-state index contributed by atoms with van der Waals surface area (Å²) in [5.41, 5.74) is -0.0812. The quantitative estimate of drug-likeness (QED) is 0.907. The van der Waals surface area contributed by atoms with E-state index in [1.165, 1.54) is 4.88 Å². The molecule has 0 amide bonds. The van der Waals surface area contributed by atoms with Gasteiger partial charge in [-0.3, -0.25) is 0 Å². The highest BCUT2D eigenvalue weighted by Gasteiger charge is 2.29. The summed E-state index contributed by atoms with van der Waals surface area (Å²) in [5, 5.41) is 7.56. The lowest BCUT2D eigenvalue weighted by Crippen LogP contribution is -2.32. The van der Waals surface area contributed by atoms with E-state index in [9.17, 15) is 0 Å². The third-order valence-corrected chi connectivity index (χ3v) is 4.61. The average Bonchev–Trinajstić information content (AvgIpc) is 3.01. The fourth-order valence-corrected chi connectivity index (χ4v) is 3.41. The minimum Gasteiger partial charge on any atom is -0.373 e. The topological polar surface area (TPSA) is 59.1 Å². The van der Waals surface area contributed by atoms with Gasteiger partial charge < -0.3 is 15.4 Å². The molecule has 3 heterocycles. The summed E-state index contributed by atoms with van der Waals surface area (Å²) in [6, 6.07) is 2.14. The lowest BCUT2D eigenvalue weighted by molar-refractivity contribution is 0.0315. The molecule has 1 unspecified atom stereocenters.